The van der Waals surface area contributed by atoms with Crippen LogP contribution in [0.4, 0.5) is 11.6 Å². The summed E-state index contributed by atoms with van der Waals surface area (Å²) in [4.78, 5) is 32.6. The zero-order valence-corrected chi connectivity index (χ0v) is 15.9. The van der Waals surface area contributed by atoms with E-state index in [-0.39, 0.29) is 11.7 Å². The highest BCUT2D eigenvalue weighted by atomic mass is 16.1. The number of nitrogens with zero attached hydrogens (tertiary/aromatic N) is 2. The number of amides is 1. The molecule has 6 heteroatoms. The Morgan fingerprint density at radius 3 is 2.50 bits per heavy atom. The largest absolute Gasteiger partial charge is 0.350 e. The molecule has 0 aliphatic rings. The number of carbonyl (C=O) groups is 2. The molecule has 0 saturated carbocycles. The second kappa shape index (κ2) is 8.90. The first-order valence-electron chi connectivity index (χ1n) is 9.07. The number of aryl methyl sites for hydroxylation is 1. The number of anilines is 2. The fourth-order valence-electron chi connectivity index (χ4n) is 2.74. The van der Waals surface area contributed by atoms with Gasteiger partial charge < -0.3 is 10.6 Å². The molecule has 2 N–H and O–H groups in total. The maximum Gasteiger partial charge on any atom is 0.270 e. The van der Waals surface area contributed by atoms with Gasteiger partial charge in [0.1, 0.15) is 5.69 Å². The van der Waals surface area contributed by atoms with Gasteiger partial charge in [-0.25, -0.2) is 9.97 Å². The molecular formula is C22H22N4O2. The minimum absolute atomic E-state index is 0.0210. The average molecular weight is 374 g/mol. The van der Waals surface area contributed by atoms with Crippen molar-refractivity contribution in [3.05, 3.63) is 83.2 Å². The summed E-state index contributed by atoms with van der Waals surface area (Å²) in [6, 6.07) is 18.7. The third kappa shape index (κ3) is 5.23. The lowest BCUT2D eigenvalue weighted by Gasteiger charge is -2.09. The molecule has 0 aliphatic carbocycles. The zero-order chi connectivity index (χ0) is 19.9. The molecule has 3 aromatic rings. The second-order valence-corrected chi connectivity index (χ2v) is 6.47. The summed E-state index contributed by atoms with van der Waals surface area (Å²) in [5.41, 5.74) is 3.42. The predicted molar refractivity (Wildman–Crippen MR) is 109 cm³/mol. The molecule has 0 saturated heterocycles. The highest BCUT2D eigenvalue weighted by Gasteiger charge is 2.11. The van der Waals surface area contributed by atoms with Gasteiger partial charge in [0, 0.05) is 23.5 Å². The molecule has 0 bridgehead atoms. The van der Waals surface area contributed by atoms with E-state index >= 15 is 0 Å². The number of ketones is 1. The number of Topliss-reactive ketones (excluding diaryl/α,β-unsaturated/α-hetero) is 1. The van der Waals surface area contributed by atoms with Crippen molar-refractivity contribution in [2.75, 3.05) is 11.9 Å². The molecule has 1 amide bonds. The molecule has 0 radical (unpaired) electrons. The van der Waals surface area contributed by atoms with Crippen molar-refractivity contribution < 1.29 is 9.59 Å². The van der Waals surface area contributed by atoms with Gasteiger partial charge in [-0.3, -0.25) is 9.59 Å². The number of nitrogens with one attached hydrogen (secondary N) is 2. The van der Waals surface area contributed by atoms with Crippen LogP contribution in [0.1, 0.15) is 39.0 Å². The molecule has 2 aromatic carbocycles. The smallest absolute Gasteiger partial charge is 0.270 e. The number of hydrogen-bond acceptors (Lipinski definition) is 5. The van der Waals surface area contributed by atoms with Gasteiger partial charge in [0.2, 0.25) is 5.95 Å². The Morgan fingerprint density at radius 2 is 1.75 bits per heavy atom. The van der Waals surface area contributed by atoms with Crippen LogP contribution in [0.25, 0.3) is 0 Å². The van der Waals surface area contributed by atoms with E-state index in [1.807, 2.05) is 36.4 Å². The first-order valence-corrected chi connectivity index (χ1v) is 9.07. The summed E-state index contributed by atoms with van der Waals surface area (Å²) >= 11 is 0. The lowest BCUT2D eigenvalue weighted by molar-refractivity contribution is 0.0948. The van der Waals surface area contributed by atoms with E-state index < -0.39 is 0 Å². The Labute approximate surface area is 164 Å². The molecule has 142 valence electrons. The Morgan fingerprint density at radius 1 is 0.964 bits per heavy atom. The summed E-state index contributed by atoms with van der Waals surface area (Å²) in [6.07, 6.45) is 0.750. The minimum atomic E-state index is -0.248. The Hall–Kier alpha value is -3.54. The summed E-state index contributed by atoms with van der Waals surface area (Å²) in [5, 5.41) is 5.95. The SMILES string of the molecule is CC(=O)c1cccc(Nc2nc(C)cc(C(=O)NCCc3ccccc3)n2)c1. The molecule has 6 nitrogen and oxygen atoms in total. The Kier molecular flexibility index (Phi) is 6.11. The van der Waals surface area contributed by atoms with Gasteiger partial charge in [-0.15, -0.1) is 0 Å². The highest BCUT2D eigenvalue weighted by Crippen LogP contribution is 2.16. The van der Waals surface area contributed by atoms with Crippen LogP contribution in [-0.4, -0.2) is 28.2 Å². The van der Waals surface area contributed by atoms with Gasteiger partial charge in [-0.05, 0) is 44.0 Å². The lowest BCUT2D eigenvalue weighted by Crippen LogP contribution is -2.27. The van der Waals surface area contributed by atoms with E-state index in [9.17, 15) is 9.59 Å². The molecule has 1 heterocycles. The molecule has 0 spiro atoms. The number of hydrogen-bond donors (Lipinski definition) is 2. The fraction of sp³-hybridized carbons (Fsp3) is 0.182. The van der Waals surface area contributed by atoms with Gasteiger partial charge in [0.05, 0.1) is 0 Å². The molecule has 0 unspecified atom stereocenters. The van der Waals surface area contributed by atoms with E-state index in [0.29, 0.717) is 35.1 Å². The summed E-state index contributed by atoms with van der Waals surface area (Å²) in [6.45, 7) is 3.84. The molecule has 0 fully saturated rings. The van der Waals surface area contributed by atoms with E-state index in [2.05, 4.69) is 20.6 Å². The van der Waals surface area contributed by atoms with Crippen LogP contribution in [0.3, 0.4) is 0 Å². The predicted octanol–water partition coefficient (Wildman–Crippen LogP) is 3.70. The van der Waals surface area contributed by atoms with Crippen LogP contribution >= 0.6 is 0 Å². The average Bonchev–Trinajstić information content (AvgIpc) is 2.68. The van der Waals surface area contributed by atoms with Crippen molar-refractivity contribution in [1.82, 2.24) is 15.3 Å². The Bertz CT molecular complexity index is 987. The lowest BCUT2D eigenvalue weighted by atomic mass is 10.1. The number of aromatic nitrogens is 2. The Balaban J connectivity index is 1.67. The quantitative estimate of drug-likeness (QED) is 0.616. The maximum atomic E-state index is 12.5. The third-order valence-electron chi connectivity index (χ3n) is 4.15. The van der Waals surface area contributed by atoms with E-state index in [0.717, 1.165) is 12.0 Å². The van der Waals surface area contributed by atoms with E-state index in [4.69, 9.17) is 0 Å². The van der Waals surface area contributed by atoms with Gasteiger partial charge in [-0.1, -0.05) is 42.5 Å². The standard InChI is InChI=1S/C22H22N4O2/c1-15-13-20(21(28)23-12-11-17-7-4-3-5-8-17)26-22(24-15)25-19-10-6-9-18(14-19)16(2)27/h3-10,13-14H,11-12H2,1-2H3,(H,23,28)(H,24,25,26). The zero-order valence-electron chi connectivity index (χ0n) is 15.9. The van der Waals surface area contributed by atoms with E-state index in [1.165, 1.54) is 6.92 Å². The highest BCUT2D eigenvalue weighted by molar-refractivity contribution is 5.95. The normalized spacial score (nSPS) is 10.4. The van der Waals surface area contributed by atoms with Crippen LogP contribution in [0.15, 0.2) is 60.7 Å². The molecule has 0 aliphatic heterocycles. The van der Waals surface area contributed by atoms with Gasteiger partial charge in [-0.2, -0.15) is 0 Å². The van der Waals surface area contributed by atoms with Crippen molar-refractivity contribution in [2.45, 2.75) is 20.3 Å². The van der Waals surface area contributed by atoms with Crippen LogP contribution in [-0.2, 0) is 6.42 Å². The first kappa shape index (κ1) is 19.2. The number of carbonyl (C=O) groups excluding carboxylic acids is 2. The van der Waals surface area contributed by atoms with E-state index in [1.54, 1.807) is 31.2 Å². The molecule has 28 heavy (non-hydrogen) atoms. The summed E-state index contributed by atoms with van der Waals surface area (Å²) in [7, 11) is 0. The summed E-state index contributed by atoms with van der Waals surface area (Å²) in [5.74, 6) is 0.0446. The maximum absolute atomic E-state index is 12.5. The molecule has 0 atom stereocenters. The third-order valence-corrected chi connectivity index (χ3v) is 4.15. The van der Waals surface area contributed by atoms with Gasteiger partial charge >= 0.3 is 0 Å². The monoisotopic (exact) mass is 374 g/mol. The van der Waals surface area contributed by atoms with Gasteiger partial charge in [0.25, 0.3) is 5.91 Å². The number of benzene rings is 2. The second-order valence-electron chi connectivity index (χ2n) is 6.47. The van der Waals surface area contributed by atoms with Crippen molar-refractivity contribution in [3.8, 4) is 0 Å². The topological polar surface area (TPSA) is 84.0 Å². The molecule has 1 aromatic heterocycles. The van der Waals surface area contributed by atoms with Crippen LogP contribution < -0.4 is 10.6 Å². The number of rotatable bonds is 7. The summed E-state index contributed by atoms with van der Waals surface area (Å²) < 4.78 is 0. The molecular weight excluding hydrogens is 352 g/mol. The van der Waals surface area contributed by atoms with Crippen molar-refractivity contribution in [2.24, 2.45) is 0 Å². The first-order chi connectivity index (χ1) is 13.5. The van der Waals surface area contributed by atoms with Crippen LogP contribution in [0.2, 0.25) is 0 Å². The minimum Gasteiger partial charge on any atom is -0.350 e. The van der Waals surface area contributed by atoms with Gasteiger partial charge in [0.15, 0.2) is 5.78 Å². The van der Waals surface area contributed by atoms with Crippen molar-refractivity contribution in [1.29, 1.82) is 0 Å². The fourth-order valence-corrected chi connectivity index (χ4v) is 2.74. The molecule has 3 rings (SSSR count). The van der Waals surface area contributed by atoms with Crippen molar-refractivity contribution in [3.63, 3.8) is 0 Å². The van der Waals surface area contributed by atoms with Crippen molar-refractivity contribution >= 4 is 23.3 Å². The van der Waals surface area contributed by atoms with Crippen LogP contribution in [0, 0.1) is 6.92 Å². The van der Waals surface area contributed by atoms with Crippen LogP contribution in [0.5, 0.6) is 0 Å².